The molecule has 0 heterocycles. The number of para-hydroxylation sites is 1. The van der Waals surface area contributed by atoms with Gasteiger partial charge in [-0.15, -0.1) is 0 Å². The fraction of sp³-hybridized carbons (Fsp3) is 0.0667. The van der Waals surface area contributed by atoms with Crippen molar-refractivity contribution in [2.24, 2.45) is 10.8 Å². The summed E-state index contributed by atoms with van der Waals surface area (Å²) in [5.41, 5.74) is 8.46. The number of nitrogens with two attached hydrogens (primary N) is 1. The molecule has 0 aliphatic heterocycles. The highest BCUT2D eigenvalue weighted by molar-refractivity contribution is 6.30. The Hall–Kier alpha value is -2.53. The summed E-state index contributed by atoms with van der Waals surface area (Å²) in [7, 11) is 0. The standard InChI is InChI=1S/C15H14ClN3O2/c16-12-8-6-11(7-9-12)15(20)19-18-14(17)10-21-13-4-2-1-3-5-13/h1-9H,10H2,(H2,17,18)(H,19,20). The Kier molecular flexibility index (Phi) is 5.17. The van der Waals surface area contributed by atoms with Crippen LogP contribution in [0.1, 0.15) is 10.4 Å². The molecule has 0 saturated carbocycles. The van der Waals surface area contributed by atoms with Crippen molar-refractivity contribution in [3.05, 3.63) is 65.2 Å². The summed E-state index contributed by atoms with van der Waals surface area (Å²) >= 11 is 5.75. The van der Waals surface area contributed by atoms with Crippen molar-refractivity contribution >= 4 is 23.3 Å². The molecule has 108 valence electrons. The van der Waals surface area contributed by atoms with E-state index in [1.54, 1.807) is 36.4 Å². The lowest BCUT2D eigenvalue weighted by atomic mass is 10.2. The molecule has 6 heteroatoms. The number of nitrogens with zero attached hydrogens (tertiary/aromatic N) is 1. The maximum atomic E-state index is 11.8. The Morgan fingerprint density at radius 3 is 2.48 bits per heavy atom. The summed E-state index contributed by atoms with van der Waals surface area (Å²) in [5, 5.41) is 4.34. The maximum Gasteiger partial charge on any atom is 0.271 e. The molecule has 21 heavy (non-hydrogen) atoms. The van der Waals surface area contributed by atoms with Crippen molar-refractivity contribution in [2.75, 3.05) is 6.61 Å². The van der Waals surface area contributed by atoms with E-state index in [2.05, 4.69) is 10.5 Å². The van der Waals surface area contributed by atoms with E-state index in [9.17, 15) is 4.79 Å². The monoisotopic (exact) mass is 303 g/mol. The SMILES string of the molecule is N/C(COc1ccccc1)=N\NC(=O)c1ccc(Cl)cc1. The second-order valence-corrected chi connectivity index (χ2v) is 4.59. The van der Waals surface area contributed by atoms with Crippen LogP contribution in [0.5, 0.6) is 5.75 Å². The van der Waals surface area contributed by atoms with E-state index in [-0.39, 0.29) is 18.3 Å². The van der Waals surface area contributed by atoms with Crippen LogP contribution in [0.15, 0.2) is 59.7 Å². The summed E-state index contributed by atoms with van der Waals surface area (Å²) < 4.78 is 5.40. The largest absolute Gasteiger partial charge is 0.486 e. The summed E-state index contributed by atoms with van der Waals surface area (Å²) in [6.07, 6.45) is 0. The minimum absolute atomic E-state index is 0.0882. The summed E-state index contributed by atoms with van der Waals surface area (Å²) in [6, 6.07) is 15.7. The average Bonchev–Trinajstić information content (AvgIpc) is 2.52. The Balaban J connectivity index is 1.85. The van der Waals surface area contributed by atoms with Crippen LogP contribution in [0.25, 0.3) is 0 Å². The molecule has 0 saturated heterocycles. The van der Waals surface area contributed by atoms with Crippen LogP contribution in [0.3, 0.4) is 0 Å². The number of benzene rings is 2. The van der Waals surface area contributed by atoms with Crippen molar-refractivity contribution in [3.63, 3.8) is 0 Å². The molecular formula is C15H14ClN3O2. The van der Waals surface area contributed by atoms with Crippen molar-refractivity contribution < 1.29 is 9.53 Å². The molecule has 0 fully saturated rings. The number of ether oxygens (including phenoxy) is 1. The second-order valence-electron chi connectivity index (χ2n) is 4.15. The molecule has 0 aliphatic carbocycles. The Morgan fingerprint density at radius 1 is 1.14 bits per heavy atom. The third-order valence-electron chi connectivity index (χ3n) is 2.54. The molecule has 2 rings (SSSR count). The van der Waals surface area contributed by atoms with Gasteiger partial charge >= 0.3 is 0 Å². The Bertz CT molecular complexity index is 627. The molecule has 1 amide bonds. The first-order valence-corrected chi connectivity index (χ1v) is 6.59. The average molecular weight is 304 g/mol. The smallest absolute Gasteiger partial charge is 0.271 e. The number of carbonyl (C=O) groups is 1. The van der Waals surface area contributed by atoms with Gasteiger partial charge in [-0.1, -0.05) is 29.8 Å². The first-order valence-electron chi connectivity index (χ1n) is 6.21. The van der Waals surface area contributed by atoms with E-state index in [0.717, 1.165) is 0 Å². The van der Waals surface area contributed by atoms with Gasteiger partial charge in [0.1, 0.15) is 12.4 Å². The van der Waals surface area contributed by atoms with Crippen molar-refractivity contribution in [1.29, 1.82) is 0 Å². The van der Waals surface area contributed by atoms with Gasteiger partial charge in [-0.3, -0.25) is 4.79 Å². The van der Waals surface area contributed by atoms with Gasteiger partial charge in [0.15, 0.2) is 5.84 Å². The lowest BCUT2D eigenvalue weighted by Gasteiger charge is -2.05. The predicted octanol–water partition coefficient (Wildman–Crippen LogP) is 2.42. The highest BCUT2D eigenvalue weighted by atomic mass is 35.5. The fourth-order valence-electron chi connectivity index (χ4n) is 1.49. The summed E-state index contributed by atoms with van der Waals surface area (Å²) in [4.78, 5) is 11.8. The topological polar surface area (TPSA) is 76.7 Å². The van der Waals surface area contributed by atoms with E-state index in [0.29, 0.717) is 16.3 Å². The number of carbonyl (C=O) groups excluding carboxylic acids is 1. The fourth-order valence-corrected chi connectivity index (χ4v) is 1.62. The van der Waals surface area contributed by atoms with E-state index in [1.165, 1.54) is 0 Å². The molecule has 3 N–H and O–H groups in total. The Morgan fingerprint density at radius 2 is 1.81 bits per heavy atom. The van der Waals surface area contributed by atoms with Crippen LogP contribution in [0, 0.1) is 0 Å². The molecule has 2 aromatic rings. The first kappa shape index (κ1) is 14.9. The van der Waals surface area contributed by atoms with E-state index in [1.807, 2.05) is 18.2 Å². The van der Waals surface area contributed by atoms with Crippen LogP contribution >= 0.6 is 11.6 Å². The molecular weight excluding hydrogens is 290 g/mol. The number of rotatable bonds is 5. The Labute approximate surface area is 127 Å². The summed E-state index contributed by atoms with van der Waals surface area (Å²) in [5.74, 6) is 0.482. The van der Waals surface area contributed by atoms with Gasteiger partial charge < -0.3 is 10.5 Å². The van der Waals surface area contributed by atoms with Crippen LogP contribution in [-0.4, -0.2) is 18.3 Å². The number of hydrazone groups is 1. The van der Waals surface area contributed by atoms with Gasteiger partial charge in [0.05, 0.1) is 0 Å². The molecule has 0 spiro atoms. The molecule has 5 nitrogen and oxygen atoms in total. The number of hydrogen-bond donors (Lipinski definition) is 2. The molecule has 2 aromatic carbocycles. The highest BCUT2D eigenvalue weighted by Gasteiger charge is 2.04. The quantitative estimate of drug-likeness (QED) is 0.506. The predicted molar refractivity (Wildman–Crippen MR) is 82.5 cm³/mol. The van der Waals surface area contributed by atoms with E-state index < -0.39 is 0 Å². The number of halogens is 1. The zero-order valence-electron chi connectivity index (χ0n) is 11.1. The third-order valence-corrected chi connectivity index (χ3v) is 2.79. The number of amidine groups is 1. The molecule has 0 radical (unpaired) electrons. The van der Waals surface area contributed by atoms with Crippen LogP contribution in [0.2, 0.25) is 5.02 Å². The van der Waals surface area contributed by atoms with Crippen LogP contribution in [-0.2, 0) is 0 Å². The first-order chi connectivity index (χ1) is 10.1. The van der Waals surface area contributed by atoms with Crippen LogP contribution in [0.4, 0.5) is 0 Å². The molecule has 0 bridgehead atoms. The van der Waals surface area contributed by atoms with E-state index in [4.69, 9.17) is 22.1 Å². The van der Waals surface area contributed by atoms with Crippen molar-refractivity contribution in [1.82, 2.24) is 5.43 Å². The molecule has 0 unspecified atom stereocenters. The molecule has 0 aliphatic rings. The number of amides is 1. The molecule has 0 aromatic heterocycles. The van der Waals surface area contributed by atoms with Gasteiger partial charge in [0.2, 0.25) is 0 Å². The third kappa shape index (κ3) is 4.81. The number of hydrogen-bond acceptors (Lipinski definition) is 3. The van der Waals surface area contributed by atoms with Gasteiger partial charge in [-0.2, -0.15) is 5.10 Å². The normalized spacial score (nSPS) is 11.0. The van der Waals surface area contributed by atoms with Gasteiger partial charge in [-0.25, -0.2) is 5.43 Å². The zero-order chi connectivity index (χ0) is 15.1. The van der Waals surface area contributed by atoms with Crippen molar-refractivity contribution in [3.8, 4) is 5.75 Å². The highest BCUT2D eigenvalue weighted by Crippen LogP contribution is 2.09. The maximum absolute atomic E-state index is 11.8. The minimum atomic E-state index is -0.366. The number of nitrogens with one attached hydrogen (secondary N) is 1. The molecule has 0 atom stereocenters. The summed E-state index contributed by atoms with van der Waals surface area (Å²) in [6.45, 7) is 0.0882. The van der Waals surface area contributed by atoms with Crippen molar-refractivity contribution in [2.45, 2.75) is 0 Å². The lowest BCUT2D eigenvalue weighted by molar-refractivity contribution is 0.0954. The second kappa shape index (κ2) is 7.31. The van der Waals surface area contributed by atoms with Gasteiger partial charge in [-0.05, 0) is 36.4 Å². The van der Waals surface area contributed by atoms with Gasteiger partial charge in [0, 0.05) is 10.6 Å². The van der Waals surface area contributed by atoms with Crippen LogP contribution < -0.4 is 15.9 Å². The lowest BCUT2D eigenvalue weighted by Crippen LogP contribution is -2.27. The van der Waals surface area contributed by atoms with Gasteiger partial charge in [0.25, 0.3) is 5.91 Å². The van der Waals surface area contributed by atoms with E-state index >= 15 is 0 Å². The zero-order valence-corrected chi connectivity index (χ0v) is 11.9. The minimum Gasteiger partial charge on any atom is -0.486 e.